The number of pyridine rings is 1. The molecule has 1 rings (SSSR count). The van der Waals surface area contributed by atoms with E-state index >= 15 is 0 Å². The largest absolute Gasteiger partial charge is 0.481 e. The van der Waals surface area contributed by atoms with Crippen molar-refractivity contribution in [2.24, 2.45) is 5.73 Å². The standard InChI is InChI=1S/C10H15BrN2O2/c1-10(12,6-14)4-7-3-8(11)5-13-9(7)15-2/h3,5,14H,4,6,12H2,1-2H3. The van der Waals surface area contributed by atoms with E-state index in [0.29, 0.717) is 12.3 Å². The second-order valence-electron chi connectivity index (χ2n) is 3.81. The lowest BCUT2D eigenvalue weighted by molar-refractivity contribution is 0.207. The van der Waals surface area contributed by atoms with Crippen LogP contribution in [-0.2, 0) is 6.42 Å². The summed E-state index contributed by atoms with van der Waals surface area (Å²) in [7, 11) is 1.56. The Hall–Kier alpha value is -0.650. The zero-order valence-electron chi connectivity index (χ0n) is 8.83. The van der Waals surface area contributed by atoms with Gasteiger partial charge in [-0.2, -0.15) is 0 Å². The first-order valence-electron chi connectivity index (χ1n) is 4.56. The number of ether oxygens (including phenoxy) is 1. The van der Waals surface area contributed by atoms with E-state index in [1.807, 2.05) is 6.07 Å². The molecule has 0 spiro atoms. The minimum atomic E-state index is -0.657. The van der Waals surface area contributed by atoms with E-state index in [2.05, 4.69) is 20.9 Å². The molecule has 1 unspecified atom stereocenters. The van der Waals surface area contributed by atoms with Crippen molar-refractivity contribution < 1.29 is 9.84 Å². The Labute approximate surface area is 97.6 Å². The molecule has 0 aliphatic carbocycles. The maximum absolute atomic E-state index is 9.09. The number of nitrogens with zero attached hydrogens (tertiary/aromatic N) is 1. The van der Waals surface area contributed by atoms with Crippen molar-refractivity contribution in [3.8, 4) is 5.88 Å². The van der Waals surface area contributed by atoms with Gasteiger partial charge >= 0.3 is 0 Å². The first-order valence-corrected chi connectivity index (χ1v) is 5.36. The van der Waals surface area contributed by atoms with Crippen molar-refractivity contribution in [3.05, 3.63) is 22.3 Å². The van der Waals surface area contributed by atoms with E-state index in [1.54, 1.807) is 20.2 Å². The Kier molecular flexibility index (Phi) is 4.07. The molecule has 0 bridgehead atoms. The molecule has 1 aromatic heterocycles. The summed E-state index contributed by atoms with van der Waals surface area (Å²) in [5, 5.41) is 9.09. The van der Waals surface area contributed by atoms with Gasteiger partial charge in [-0.3, -0.25) is 0 Å². The summed E-state index contributed by atoms with van der Waals surface area (Å²) in [6.07, 6.45) is 2.17. The van der Waals surface area contributed by atoms with E-state index in [9.17, 15) is 0 Å². The van der Waals surface area contributed by atoms with Crippen LogP contribution in [0, 0.1) is 0 Å². The summed E-state index contributed by atoms with van der Waals surface area (Å²) < 4.78 is 5.99. The fourth-order valence-electron chi connectivity index (χ4n) is 1.27. The van der Waals surface area contributed by atoms with E-state index in [4.69, 9.17) is 15.6 Å². The fraction of sp³-hybridized carbons (Fsp3) is 0.500. The summed E-state index contributed by atoms with van der Waals surface area (Å²) >= 11 is 3.33. The molecular weight excluding hydrogens is 260 g/mol. The molecule has 0 aliphatic rings. The SMILES string of the molecule is COc1ncc(Br)cc1CC(C)(N)CO. The molecule has 0 amide bonds. The maximum atomic E-state index is 9.09. The average molecular weight is 275 g/mol. The second kappa shape index (κ2) is 4.92. The lowest BCUT2D eigenvalue weighted by Crippen LogP contribution is -2.42. The van der Waals surface area contributed by atoms with Gasteiger partial charge in [-0.1, -0.05) is 0 Å². The molecule has 0 fully saturated rings. The highest BCUT2D eigenvalue weighted by atomic mass is 79.9. The fourth-order valence-corrected chi connectivity index (χ4v) is 1.65. The summed E-state index contributed by atoms with van der Waals surface area (Å²) in [4.78, 5) is 4.11. The van der Waals surface area contributed by atoms with Gasteiger partial charge < -0.3 is 15.6 Å². The Bertz CT molecular complexity index is 342. The summed E-state index contributed by atoms with van der Waals surface area (Å²) in [6.45, 7) is 1.70. The molecule has 84 valence electrons. The third-order valence-electron chi connectivity index (χ3n) is 2.04. The number of aromatic nitrogens is 1. The molecule has 15 heavy (non-hydrogen) atoms. The van der Waals surface area contributed by atoms with E-state index in [-0.39, 0.29) is 6.61 Å². The van der Waals surface area contributed by atoms with Crippen molar-refractivity contribution in [1.82, 2.24) is 4.98 Å². The minimum absolute atomic E-state index is 0.0807. The first kappa shape index (κ1) is 12.4. The van der Waals surface area contributed by atoms with Gasteiger partial charge in [-0.25, -0.2) is 4.98 Å². The van der Waals surface area contributed by atoms with E-state index in [0.717, 1.165) is 10.0 Å². The molecule has 5 heteroatoms. The van der Waals surface area contributed by atoms with Crippen LogP contribution in [0.5, 0.6) is 5.88 Å². The Morgan fingerprint density at radius 1 is 1.67 bits per heavy atom. The van der Waals surface area contributed by atoms with Crippen molar-refractivity contribution in [3.63, 3.8) is 0 Å². The van der Waals surface area contributed by atoms with Crippen LogP contribution >= 0.6 is 15.9 Å². The summed E-state index contributed by atoms with van der Waals surface area (Å²) in [5.74, 6) is 0.545. The van der Waals surface area contributed by atoms with Gasteiger partial charge in [0.25, 0.3) is 0 Å². The first-order chi connectivity index (χ1) is 6.98. The van der Waals surface area contributed by atoms with Crippen LogP contribution in [0.1, 0.15) is 12.5 Å². The molecule has 1 heterocycles. The number of hydrogen-bond donors (Lipinski definition) is 2. The number of aliphatic hydroxyl groups excluding tert-OH is 1. The van der Waals surface area contributed by atoms with Crippen LogP contribution in [0.3, 0.4) is 0 Å². The third kappa shape index (κ3) is 3.44. The monoisotopic (exact) mass is 274 g/mol. The van der Waals surface area contributed by atoms with E-state index < -0.39 is 5.54 Å². The lowest BCUT2D eigenvalue weighted by Gasteiger charge is -2.22. The summed E-state index contributed by atoms with van der Waals surface area (Å²) in [5.41, 5.74) is 6.10. The lowest BCUT2D eigenvalue weighted by atomic mass is 9.95. The zero-order chi connectivity index (χ0) is 11.5. The normalized spacial score (nSPS) is 14.7. The van der Waals surface area contributed by atoms with Crippen LogP contribution in [0.25, 0.3) is 0 Å². The van der Waals surface area contributed by atoms with Crippen molar-refractivity contribution in [2.45, 2.75) is 18.9 Å². The van der Waals surface area contributed by atoms with Gasteiger partial charge in [0.2, 0.25) is 5.88 Å². The highest BCUT2D eigenvalue weighted by Gasteiger charge is 2.20. The Morgan fingerprint density at radius 2 is 2.33 bits per heavy atom. The predicted octanol–water partition coefficient (Wildman–Crippen LogP) is 1.10. The number of methoxy groups -OCH3 is 1. The average Bonchev–Trinajstić information content (AvgIpc) is 2.18. The molecule has 0 aliphatic heterocycles. The quantitative estimate of drug-likeness (QED) is 0.863. The van der Waals surface area contributed by atoms with Gasteiger partial charge in [-0.15, -0.1) is 0 Å². The van der Waals surface area contributed by atoms with Gasteiger partial charge in [0, 0.05) is 21.8 Å². The third-order valence-corrected chi connectivity index (χ3v) is 2.47. The predicted molar refractivity (Wildman–Crippen MR) is 61.9 cm³/mol. The molecule has 0 aromatic carbocycles. The molecule has 1 aromatic rings. The number of halogens is 1. The molecule has 3 N–H and O–H groups in total. The molecular formula is C10H15BrN2O2. The van der Waals surface area contributed by atoms with Crippen LogP contribution in [0.2, 0.25) is 0 Å². The zero-order valence-corrected chi connectivity index (χ0v) is 10.4. The van der Waals surface area contributed by atoms with Gasteiger partial charge in [0.15, 0.2) is 0 Å². The van der Waals surface area contributed by atoms with Crippen LogP contribution in [-0.4, -0.2) is 29.3 Å². The smallest absolute Gasteiger partial charge is 0.216 e. The van der Waals surface area contributed by atoms with Crippen molar-refractivity contribution >= 4 is 15.9 Å². The molecule has 1 atom stereocenters. The molecule has 0 radical (unpaired) electrons. The summed E-state index contributed by atoms with van der Waals surface area (Å²) in [6, 6.07) is 1.90. The highest BCUT2D eigenvalue weighted by molar-refractivity contribution is 9.10. The van der Waals surface area contributed by atoms with Crippen LogP contribution in [0.4, 0.5) is 0 Å². The number of nitrogens with two attached hydrogens (primary N) is 1. The van der Waals surface area contributed by atoms with Crippen molar-refractivity contribution in [2.75, 3.05) is 13.7 Å². The molecule has 0 saturated heterocycles. The van der Waals surface area contributed by atoms with Gasteiger partial charge in [0.05, 0.1) is 13.7 Å². The van der Waals surface area contributed by atoms with Gasteiger partial charge in [0.1, 0.15) is 0 Å². The molecule has 0 saturated carbocycles. The van der Waals surface area contributed by atoms with Gasteiger partial charge in [-0.05, 0) is 35.3 Å². The maximum Gasteiger partial charge on any atom is 0.216 e. The Balaban J connectivity index is 2.97. The number of rotatable bonds is 4. The minimum Gasteiger partial charge on any atom is -0.481 e. The second-order valence-corrected chi connectivity index (χ2v) is 4.73. The van der Waals surface area contributed by atoms with Crippen LogP contribution in [0.15, 0.2) is 16.7 Å². The highest BCUT2D eigenvalue weighted by Crippen LogP contribution is 2.23. The number of aliphatic hydroxyl groups is 1. The van der Waals surface area contributed by atoms with Crippen molar-refractivity contribution in [1.29, 1.82) is 0 Å². The van der Waals surface area contributed by atoms with E-state index in [1.165, 1.54) is 0 Å². The number of hydrogen-bond acceptors (Lipinski definition) is 4. The topological polar surface area (TPSA) is 68.4 Å². The Morgan fingerprint density at radius 3 is 2.87 bits per heavy atom. The molecule has 4 nitrogen and oxygen atoms in total. The van der Waals surface area contributed by atoms with Crippen LogP contribution < -0.4 is 10.5 Å².